The van der Waals surface area contributed by atoms with Gasteiger partial charge < -0.3 is 24.3 Å². The molecule has 0 aliphatic carbocycles. The van der Waals surface area contributed by atoms with Crippen LogP contribution in [0.25, 0.3) is 0 Å². The van der Waals surface area contributed by atoms with Crippen LogP contribution in [0.3, 0.4) is 0 Å². The van der Waals surface area contributed by atoms with Crippen LogP contribution in [0, 0.1) is 10.1 Å². The Morgan fingerprint density at radius 2 is 1.76 bits per heavy atom. The topological polar surface area (TPSA) is 129 Å². The maximum atomic E-state index is 13.5. The highest BCUT2D eigenvalue weighted by atomic mass is 16.6. The summed E-state index contributed by atoms with van der Waals surface area (Å²) in [5, 5.41) is 14.6. The van der Waals surface area contributed by atoms with Crippen molar-refractivity contribution in [2.24, 2.45) is 0 Å². The zero-order valence-electron chi connectivity index (χ0n) is 23.8. The molecule has 0 aromatic heterocycles. The van der Waals surface area contributed by atoms with E-state index in [0.717, 1.165) is 0 Å². The number of non-ortho nitro benzene ring substituents is 1. The number of hydrogen-bond donors (Lipinski definition) is 1. The van der Waals surface area contributed by atoms with E-state index < -0.39 is 28.9 Å². The molecule has 41 heavy (non-hydrogen) atoms. The summed E-state index contributed by atoms with van der Waals surface area (Å²) in [6.07, 6.45) is -0.586. The van der Waals surface area contributed by atoms with Gasteiger partial charge in [-0.25, -0.2) is 9.59 Å². The number of rotatable bonds is 10. The second kappa shape index (κ2) is 12.9. The first-order chi connectivity index (χ1) is 19.5. The monoisotopic (exact) mass is 565 g/mol. The average molecular weight is 566 g/mol. The summed E-state index contributed by atoms with van der Waals surface area (Å²) in [4.78, 5) is 39.7. The minimum Gasteiger partial charge on any atom is -0.486 e. The highest BCUT2D eigenvalue weighted by molar-refractivity contribution is 6.00. The minimum absolute atomic E-state index is 0.0758. The molecule has 2 aromatic carbocycles. The summed E-state index contributed by atoms with van der Waals surface area (Å²) in [5.41, 5.74) is 1.63. The maximum Gasteiger partial charge on any atom is 0.337 e. The SMILES string of the molecule is CC1=C(C(=O)OCCN(C)CC2COc3ccccc3O2)C(c2cccc([N+](=O)[O-])c2)C(C(=O)OC(C)C)=C(C)N1. The van der Waals surface area contributed by atoms with E-state index in [1.54, 1.807) is 33.8 Å². The van der Waals surface area contributed by atoms with E-state index in [-0.39, 0.29) is 29.5 Å². The van der Waals surface area contributed by atoms with Gasteiger partial charge in [0.15, 0.2) is 11.5 Å². The van der Waals surface area contributed by atoms with E-state index in [9.17, 15) is 19.7 Å². The first-order valence-corrected chi connectivity index (χ1v) is 13.4. The lowest BCUT2D eigenvalue weighted by atomic mass is 9.80. The zero-order valence-corrected chi connectivity index (χ0v) is 23.8. The predicted octanol–water partition coefficient (Wildman–Crippen LogP) is 4.10. The Hall–Kier alpha value is -4.38. The summed E-state index contributed by atoms with van der Waals surface area (Å²) in [7, 11) is 1.89. The molecule has 2 atom stereocenters. The van der Waals surface area contributed by atoms with Crippen molar-refractivity contribution in [3.8, 4) is 11.5 Å². The molecular weight excluding hydrogens is 530 g/mol. The van der Waals surface area contributed by atoms with Crippen molar-refractivity contribution in [2.75, 3.05) is 33.4 Å². The third kappa shape index (κ3) is 7.04. The quantitative estimate of drug-likeness (QED) is 0.255. The lowest BCUT2D eigenvalue weighted by Crippen LogP contribution is -2.40. The van der Waals surface area contributed by atoms with Crippen LogP contribution in [0.15, 0.2) is 71.1 Å². The molecule has 0 amide bonds. The van der Waals surface area contributed by atoms with Gasteiger partial charge in [0, 0.05) is 36.6 Å². The molecule has 4 rings (SSSR count). The van der Waals surface area contributed by atoms with Gasteiger partial charge in [-0.1, -0.05) is 24.3 Å². The lowest BCUT2D eigenvalue weighted by molar-refractivity contribution is -0.384. The Morgan fingerprint density at radius 1 is 1.07 bits per heavy atom. The van der Waals surface area contributed by atoms with Gasteiger partial charge in [0.05, 0.1) is 28.1 Å². The number of ether oxygens (including phenoxy) is 4. The van der Waals surface area contributed by atoms with E-state index in [2.05, 4.69) is 5.32 Å². The Balaban J connectivity index is 1.48. The van der Waals surface area contributed by atoms with Crippen LogP contribution in [0.2, 0.25) is 0 Å². The molecule has 2 aliphatic heterocycles. The van der Waals surface area contributed by atoms with E-state index in [1.165, 1.54) is 18.2 Å². The molecule has 11 heteroatoms. The van der Waals surface area contributed by atoms with Crippen molar-refractivity contribution in [1.82, 2.24) is 10.2 Å². The minimum atomic E-state index is -0.916. The molecule has 2 heterocycles. The van der Waals surface area contributed by atoms with Crippen molar-refractivity contribution >= 4 is 17.6 Å². The van der Waals surface area contributed by atoms with Gasteiger partial charge in [-0.05, 0) is 52.4 Å². The summed E-state index contributed by atoms with van der Waals surface area (Å²) >= 11 is 0. The van der Waals surface area contributed by atoms with Crippen LogP contribution in [-0.4, -0.2) is 67.3 Å². The molecule has 11 nitrogen and oxygen atoms in total. The fraction of sp³-hybridized carbons (Fsp3) is 0.400. The number of dihydropyridines is 1. The third-order valence-electron chi connectivity index (χ3n) is 6.75. The van der Waals surface area contributed by atoms with Gasteiger partial charge in [0.1, 0.15) is 19.3 Å². The Kier molecular flexibility index (Phi) is 9.28. The lowest BCUT2D eigenvalue weighted by Gasteiger charge is -2.31. The van der Waals surface area contributed by atoms with E-state index in [1.807, 2.05) is 36.2 Å². The van der Waals surface area contributed by atoms with Crippen molar-refractivity contribution in [3.63, 3.8) is 0 Å². The molecule has 2 aromatic rings. The van der Waals surface area contributed by atoms with Gasteiger partial charge in [-0.3, -0.25) is 15.0 Å². The summed E-state index contributed by atoms with van der Waals surface area (Å²) < 4.78 is 23.0. The van der Waals surface area contributed by atoms with Gasteiger partial charge in [0.25, 0.3) is 5.69 Å². The summed E-state index contributed by atoms with van der Waals surface area (Å²) in [5.74, 6) is -0.758. The number of fused-ring (bicyclic) bond motifs is 1. The maximum absolute atomic E-state index is 13.5. The van der Waals surface area contributed by atoms with Gasteiger partial charge in [0.2, 0.25) is 0 Å². The van der Waals surface area contributed by atoms with E-state index in [4.69, 9.17) is 18.9 Å². The Morgan fingerprint density at radius 3 is 2.44 bits per heavy atom. The zero-order chi connectivity index (χ0) is 29.7. The first-order valence-electron chi connectivity index (χ1n) is 13.4. The number of nitrogens with zero attached hydrogens (tertiary/aromatic N) is 2. The third-order valence-corrected chi connectivity index (χ3v) is 6.75. The van der Waals surface area contributed by atoms with E-state index in [0.29, 0.717) is 48.2 Å². The van der Waals surface area contributed by atoms with Crippen LogP contribution in [0.4, 0.5) is 5.69 Å². The smallest absolute Gasteiger partial charge is 0.337 e. The second-order valence-corrected chi connectivity index (χ2v) is 10.3. The Labute approximate surface area is 238 Å². The van der Waals surface area contributed by atoms with Gasteiger partial charge in [-0.2, -0.15) is 0 Å². The van der Waals surface area contributed by atoms with Crippen molar-refractivity contribution < 1.29 is 33.5 Å². The molecule has 2 aliphatic rings. The number of hydrogen-bond acceptors (Lipinski definition) is 10. The molecule has 0 radical (unpaired) electrons. The molecule has 2 unspecified atom stereocenters. The number of allylic oxidation sites excluding steroid dienone is 2. The molecule has 218 valence electrons. The van der Waals surface area contributed by atoms with Crippen LogP contribution >= 0.6 is 0 Å². The number of benzene rings is 2. The van der Waals surface area contributed by atoms with Crippen LogP contribution in [-0.2, 0) is 19.1 Å². The molecule has 0 spiro atoms. The average Bonchev–Trinajstić information content (AvgIpc) is 2.92. The van der Waals surface area contributed by atoms with Crippen LogP contribution in [0.1, 0.15) is 39.2 Å². The van der Waals surface area contributed by atoms with Gasteiger partial charge >= 0.3 is 11.9 Å². The number of para-hydroxylation sites is 2. The number of nitro benzene ring substituents is 1. The van der Waals surface area contributed by atoms with Crippen LogP contribution < -0.4 is 14.8 Å². The first kappa shape index (κ1) is 29.6. The molecule has 1 N–H and O–H groups in total. The second-order valence-electron chi connectivity index (χ2n) is 10.3. The van der Waals surface area contributed by atoms with Crippen LogP contribution in [0.5, 0.6) is 11.5 Å². The van der Waals surface area contributed by atoms with Crippen molar-refractivity contribution in [3.05, 3.63) is 86.7 Å². The van der Waals surface area contributed by atoms with Gasteiger partial charge in [-0.15, -0.1) is 0 Å². The fourth-order valence-electron chi connectivity index (χ4n) is 4.93. The predicted molar refractivity (Wildman–Crippen MR) is 150 cm³/mol. The van der Waals surface area contributed by atoms with E-state index >= 15 is 0 Å². The summed E-state index contributed by atoms with van der Waals surface area (Å²) in [6.45, 7) is 8.32. The fourth-order valence-corrected chi connectivity index (χ4v) is 4.93. The number of carbonyl (C=O) groups is 2. The largest absolute Gasteiger partial charge is 0.486 e. The molecule has 0 bridgehead atoms. The normalized spacial score (nSPS) is 18.3. The number of likely N-dealkylation sites (N-methyl/N-ethyl adjacent to an activating group) is 1. The summed E-state index contributed by atoms with van der Waals surface area (Å²) in [6, 6.07) is 13.4. The number of nitrogens with one attached hydrogen (secondary N) is 1. The molecule has 0 saturated heterocycles. The molecule has 0 saturated carbocycles. The standard InChI is InChI=1S/C30H35N3O8/c1-18(2)40-30(35)27-20(4)31-19(3)26(28(27)21-9-8-10-22(15-21)33(36)37)29(34)38-14-13-32(5)16-23-17-39-24-11-6-7-12-25(24)41-23/h6-12,15,18,23,28,31H,13-14,16-17H2,1-5H3. The highest BCUT2D eigenvalue weighted by Crippen LogP contribution is 2.40. The molecular formula is C30H35N3O8. The number of nitro groups is 1. The Bertz CT molecular complexity index is 1380. The van der Waals surface area contributed by atoms with Crippen molar-refractivity contribution in [1.29, 1.82) is 0 Å². The number of carbonyl (C=O) groups excluding carboxylic acids is 2. The van der Waals surface area contributed by atoms with Crippen molar-refractivity contribution in [2.45, 2.75) is 45.8 Å². The number of esters is 2. The molecule has 0 fully saturated rings. The highest BCUT2D eigenvalue weighted by Gasteiger charge is 2.39.